The Kier molecular flexibility index (Phi) is 4.57. The lowest BCUT2D eigenvalue weighted by Gasteiger charge is -2.34. The maximum atomic E-state index is 9.09. The minimum atomic E-state index is 0.508. The van der Waals surface area contributed by atoms with Crippen LogP contribution in [-0.4, -0.2) is 52.1 Å². The maximum absolute atomic E-state index is 9.09. The monoisotopic (exact) mass is 397 g/mol. The van der Waals surface area contributed by atoms with Gasteiger partial charge < -0.3 is 10.2 Å². The van der Waals surface area contributed by atoms with Crippen molar-refractivity contribution in [3.8, 4) is 17.3 Å². The Balaban J connectivity index is 1.35. The average Bonchev–Trinajstić information content (AvgIpc) is 3.33. The Morgan fingerprint density at radius 3 is 2.77 bits per heavy atom. The largest absolute Gasteiger partial charge is 0.365 e. The Morgan fingerprint density at radius 2 is 2.03 bits per heavy atom. The summed E-state index contributed by atoms with van der Waals surface area (Å²) in [5.41, 5.74) is 5.54. The predicted octanol–water partition coefficient (Wildman–Crippen LogP) is 3.36. The molecule has 2 atom stereocenters. The molecule has 7 nitrogen and oxygen atoms in total. The zero-order chi connectivity index (χ0) is 20.7. The Labute approximate surface area is 176 Å². The third-order valence-corrected chi connectivity index (χ3v) is 6.10. The molecular weight excluding hydrogens is 374 g/mol. The summed E-state index contributed by atoms with van der Waals surface area (Å²) in [7, 11) is 2.22. The number of aromatic nitrogens is 3. The minimum absolute atomic E-state index is 0.508. The van der Waals surface area contributed by atoms with Crippen molar-refractivity contribution in [2.24, 2.45) is 0 Å². The molecule has 150 valence electrons. The zero-order valence-electron chi connectivity index (χ0n) is 17.1. The van der Waals surface area contributed by atoms with Gasteiger partial charge in [0.25, 0.3) is 0 Å². The number of nitriles is 1. The smallest absolute Gasteiger partial charge is 0.227 e. The van der Waals surface area contributed by atoms with Gasteiger partial charge >= 0.3 is 0 Å². The van der Waals surface area contributed by atoms with Gasteiger partial charge in [0.1, 0.15) is 6.07 Å². The zero-order valence-corrected chi connectivity index (χ0v) is 17.1. The first-order valence-corrected chi connectivity index (χ1v) is 10.1. The van der Waals surface area contributed by atoms with Crippen molar-refractivity contribution in [2.45, 2.75) is 25.4 Å². The van der Waals surface area contributed by atoms with Gasteiger partial charge in [-0.3, -0.25) is 9.88 Å². The number of hydrogen-bond donors (Lipinski definition) is 1. The first-order valence-electron chi connectivity index (χ1n) is 10.1. The van der Waals surface area contributed by atoms with Crippen molar-refractivity contribution in [1.29, 1.82) is 5.26 Å². The maximum Gasteiger partial charge on any atom is 0.227 e. The van der Waals surface area contributed by atoms with Crippen LogP contribution in [0.15, 0.2) is 48.9 Å². The highest BCUT2D eigenvalue weighted by Gasteiger charge is 2.41. The van der Waals surface area contributed by atoms with E-state index in [1.165, 1.54) is 17.7 Å². The highest BCUT2D eigenvalue weighted by molar-refractivity contribution is 5.66. The molecule has 30 heavy (non-hydrogen) atoms. The van der Waals surface area contributed by atoms with E-state index in [0.717, 1.165) is 30.0 Å². The van der Waals surface area contributed by atoms with Gasteiger partial charge in [0, 0.05) is 60.7 Å². The molecule has 1 N–H and O–H groups in total. The number of likely N-dealkylation sites (tertiary alicyclic amines) is 1. The van der Waals surface area contributed by atoms with E-state index in [1.807, 2.05) is 6.07 Å². The van der Waals surface area contributed by atoms with Crippen LogP contribution in [0.4, 0.5) is 17.3 Å². The Hall–Kier alpha value is -3.50. The first kappa shape index (κ1) is 18.5. The van der Waals surface area contributed by atoms with E-state index in [1.54, 1.807) is 24.7 Å². The fraction of sp³-hybridized carbons (Fsp3) is 0.304. The molecule has 2 aliphatic heterocycles. The van der Waals surface area contributed by atoms with Crippen molar-refractivity contribution < 1.29 is 0 Å². The van der Waals surface area contributed by atoms with Crippen molar-refractivity contribution >= 4 is 17.3 Å². The quantitative estimate of drug-likeness (QED) is 0.723. The lowest BCUT2D eigenvalue weighted by Crippen LogP contribution is -2.44. The van der Waals surface area contributed by atoms with Crippen LogP contribution in [0.5, 0.6) is 0 Å². The number of benzene rings is 1. The predicted molar refractivity (Wildman–Crippen MR) is 117 cm³/mol. The average molecular weight is 397 g/mol. The summed E-state index contributed by atoms with van der Waals surface area (Å²) < 4.78 is 0. The van der Waals surface area contributed by atoms with Gasteiger partial charge in [-0.25, -0.2) is 9.97 Å². The molecule has 3 aromatic rings. The standard InChI is InChI=1S/C23H23N7/c1-15-7-18(3-4-22(15)30-14-19-9-20(30)13-29(19)2)27-23-26-6-5-21(28-23)17-8-16(10-24)11-25-12-17/h3-8,11-12,19-20H,9,13-14H2,1-2H3,(H,26,27,28). The Morgan fingerprint density at radius 1 is 1.13 bits per heavy atom. The van der Waals surface area contributed by atoms with Gasteiger partial charge in [-0.2, -0.15) is 5.26 Å². The fourth-order valence-electron chi connectivity index (χ4n) is 4.57. The number of nitrogens with zero attached hydrogens (tertiary/aromatic N) is 6. The first-order chi connectivity index (χ1) is 14.6. The van der Waals surface area contributed by atoms with Crippen LogP contribution in [0.1, 0.15) is 17.5 Å². The second-order valence-corrected chi connectivity index (χ2v) is 8.10. The molecule has 0 spiro atoms. The van der Waals surface area contributed by atoms with Crippen LogP contribution in [0, 0.1) is 18.3 Å². The molecule has 2 saturated heterocycles. The van der Waals surface area contributed by atoms with Crippen molar-refractivity contribution in [1.82, 2.24) is 19.9 Å². The molecule has 2 bridgehead atoms. The number of likely N-dealkylation sites (N-methyl/N-ethyl adjacent to an activating group) is 1. The normalized spacial score (nSPS) is 20.4. The summed E-state index contributed by atoms with van der Waals surface area (Å²) >= 11 is 0. The van der Waals surface area contributed by atoms with Gasteiger partial charge in [-0.1, -0.05) is 0 Å². The summed E-state index contributed by atoms with van der Waals surface area (Å²) in [4.78, 5) is 18.1. The summed E-state index contributed by atoms with van der Waals surface area (Å²) in [5.74, 6) is 0.517. The van der Waals surface area contributed by atoms with E-state index < -0.39 is 0 Å². The summed E-state index contributed by atoms with van der Waals surface area (Å²) in [5, 5.41) is 12.4. The van der Waals surface area contributed by atoms with Crippen LogP contribution in [0.2, 0.25) is 0 Å². The number of aryl methyl sites for hydroxylation is 1. The van der Waals surface area contributed by atoms with Crippen molar-refractivity contribution in [3.05, 3.63) is 60.0 Å². The van der Waals surface area contributed by atoms with Gasteiger partial charge in [-0.05, 0) is 56.3 Å². The lowest BCUT2D eigenvalue weighted by molar-refractivity contribution is 0.292. The van der Waals surface area contributed by atoms with Crippen LogP contribution in [0.3, 0.4) is 0 Å². The second kappa shape index (κ2) is 7.39. The summed E-state index contributed by atoms with van der Waals surface area (Å²) in [6.45, 7) is 4.41. The number of pyridine rings is 1. The van der Waals surface area contributed by atoms with Crippen molar-refractivity contribution in [2.75, 3.05) is 30.4 Å². The van der Waals surface area contributed by atoms with Crippen LogP contribution < -0.4 is 10.2 Å². The van der Waals surface area contributed by atoms with Crippen LogP contribution in [0.25, 0.3) is 11.3 Å². The lowest BCUT2D eigenvalue weighted by atomic mass is 10.1. The van der Waals surface area contributed by atoms with E-state index in [2.05, 4.69) is 68.3 Å². The minimum Gasteiger partial charge on any atom is -0.365 e. The molecule has 2 unspecified atom stereocenters. The molecule has 2 fully saturated rings. The number of fused-ring (bicyclic) bond motifs is 2. The van der Waals surface area contributed by atoms with Crippen molar-refractivity contribution in [3.63, 3.8) is 0 Å². The van der Waals surface area contributed by atoms with Gasteiger partial charge in [0.2, 0.25) is 5.95 Å². The SMILES string of the molecule is Cc1cc(Nc2nccc(-c3cncc(C#N)c3)n2)ccc1N1CC2CC1CN2C. The number of hydrogen-bond acceptors (Lipinski definition) is 7. The Bertz CT molecular complexity index is 1130. The van der Waals surface area contributed by atoms with E-state index in [9.17, 15) is 0 Å². The molecule has 0 aliphatic carbocycles. The number of rotatable bonds is 4. The summed E-state index contributed by atoms with van der Waals surface area (Å²) in [6.07, 6.45) is 6.21. The topological polar surface area (TPSA) is 81.0 Å². The molecule has 5 rings (SSSR count). The molecule has 1 aromatic carbocycles. The second-order valence-electron chi connectivity index (χ2n) is 8.10. The molecule has 0 saturated carbocycles. The van der Waals surface area contributed by atoms with E-state index >= 15 is 0 Å². The highest BCUT2D eigenvalue weighted by atomic mass is 15.3. The number of anilines is 3. The summed E-state index contributed by atoms with van der Waals surface area (Å²) in [6, 6.07) is 13.4. The fourth-order valence-corrected chi connectivity index (χ4v) is 4.57. The van der Waals surface area contributed by atoms with E-state index in [0.29, 0.717) is 23.6 Å². The third-order valence-electron chi connectivity index (χ3n) is 6.10. The number of nitrogens with one attached hydrogen (secondary N) is 1. The molecular formula is C23H23N7. The van der Waals surface area contributed by atoms with Crippen LogP contribution in [-0.2, 0) is 0 Å². The molecule has 2 aromatic heterocycles. The van der Waals surface area contributed by atoms with Gasteiger partial charge in [-0.15, -0.1) is 0 Å². The van der Waals surface area contributed by atoms with Gasteiger partial charge in [0.05, 0.1) is 11.3 Å². The highest BCUT2D eigenvalue weighted by Crippen LogP contribution is 2.36. The van der Waals surface area contributed by atoms with E-state index in [-0.39, 0.29) is 0 Å². The molecule has 4 heterocycles. The molecule has 7 heteroatoms. The molecule has 2 aliphatic rings. The van der Waals surface area contributed by atoms with Crippen LogP contribution >= 0.6 is 0 Å². The molecule has 0 radical (unpaired) electrons. The third kappa shape index (κ3) is 3.36. The number of piperazine rings is 1. The van der Waals surface area contributed by atoms with Gasteiger partial charge in [0.15, 0.2) is 0 Å². The molecule has 0 amide bonds. The van der Waals surface area contributed by atoms with E-state index in [4.69, 9.17) is 5.26 Å².